The van der Waals surface area contributed by atoms with Crippen LogP contribution in [0.2, 0.25) is 0 Å². The first-order valence-electron chi connectivity index (χ1n) is 7.09. The lowest BCUT2D eigenvalue weighted by Crippen LogP contribution is -2.25. The molecule has 1 atom stereocenters. The number of aliphatic hydroxyl groups is 1. The van der Waals surface area contributed by atoms with Crippen molar-refractivity contribution < 1.29 is 5.11 Å². The first-order valence-corrected chi connectivity index (χ1v) is 7.09. The van der Waals surface area contributed by atoms with E-state index in [1.54, 1.807) is 0 Å². The first kappa shape index (κ1) is 15.2. The summed E-state index contributed by atoms with van der Waals surface area (Å²) in [6, 6.07) is 20.2. The van der Waals surface area contributed by atoms with Gasteiger partial charge < -0.3 is 5.11 Å². The van der Waals surface area contributed by atoms with E-state index in [4.69, 9.17) is 5.26 Å². The van der Waals surface area contributed by atoms with Gasteiger partial charge in [-0.05, 0) is 36.7 Å². The van der Waals surface area contributed by atoms with Crippen molar-refractivity contribution in [3.8, 4) is 6.07 Å². The standard InChI is InChI=1S/C18H20N2O/c1-20(14-16-9-7-15(13-19)8-10-16)18(11-12-21)17-5-3-2-4-6-17/h2-10,18,21H,11-12,14H2,1H3. The van der Waals surface area contributed by atoms with Crippen LogP contribution in [0.1, 0.15) is 29.2 Å². The Bertz CT molecular complexity index is 587. The average Bonchev–Trinajstić information content (AvgIpc) is 2.54. The minimum absolute atomic E-state index is 0.164. The van der Waals surface area contributed by atoms with Crippen LogP contribution in [-0.4, -0.2) is 23.7 Å². The van der Waals surface area contributed by atoms with Crippen LogP contribution in [-0.2, 0) is 6.54 Å². The molecule has 2 rings (SSSR count). The Morgan fingerprint density at radius 1 is 1.10 bits per heavy atom. The molecule has 21 heavy (non-hydrogen) atoms. The summed E-state index contributed by atoms with van der Waals surface area (Å²) in [6.45, 7) is 0.947. The SMILES string of the molecule is CN(Cc1ccc(C#N)cc1)C(CCO)c1ccccc1. The Kier molecular flexibility index (Phi) is 5.51. The Hall–Kier alpha value is -2.15. The van der Waals surface area contributed by atoms with Crippen LogP contribution in [0, 0.1) is 11.3 Å². The predicted molar refractivity (Wildman–Crippen MR) is 83.5 cm³/mol. The van der Waals surface area contributed by atoms with E-state index in [9.17, 15) is 5.11 Å². The normalized spacial score (nSPS) is 12.1. The third-order valence-corrected chi connectivity index (χ3v) is 3.63. The Balaban J connectivity index is 2.11. The largest absolute Gasteiger partial charge is 0.396 e. The number of hydrogen-bond donors (Lipinski definition) is 1. The van der Waals surface area contributed by atoms with Gasteiger partial charge in [0.05, 0.1) is 11.6 Å². The van der Waals surface area contributed by atoms with Crippen molar-refractivity contribution in [2.75, 3.05) is 13.7 Å². The van der Waals surface area contributed by atoms with Crippen LogP contribution >= 0.6 is 0 Å². The van der Waals surface area contributed by atoms with Crippen LogP contribution < -0.4 is 0 Å². The highest BCUT2D eigenvalue weighted by Gasteiger charge is 2.16. The maximum Gasteiger partial charge on any atom is 0.0991 e. The van der Waals surface area contributed by atoms with Gasteiger partial charge in [-0.15, -0.1) is 0 Å². The Labute approximate surface area is 126 Å². The van der Waals surface area contributed by atoms with E-state index >= 15 is 0 Å². The molecule has 3 heteroatoms. The molecule has 108 valence electrons. The summed E-state index contributed by atoms with van der Waals surface area (Å²) in [6.07, 6.45) is 0.705. The molecule has 0 radical (unpaired) electrons. The number of aliphatic hydroxyl groups excluding tert-OH is 1. The van der Waals surface area contributed by atoms with Gasteiger partial charge in [0.15, 0.2) is 0 Å². The van der Waals surface area contributed by atoms with Gasteiger partial charge in [0.25, 0.3) is 0 Å². The molecule has 0 aliphatic heterocycles. The van der Waals surface area contributed by atoms with Gasteiger partial charge in [-0.2, -0.15) is 5.26 Å². The van der Waals surface area contributed by atoms with Crippen molar-refractivity contribution in [3.05, 3.63) is 71.3 Å². The van der Waals surface area contributed by atoms with E-state index in [1.165, 1.54) is 5.56 Å². The highest BCUT2D eigenvalue weighted by Crippen LogP contribution is 2.24. The van der Waals surface area contributed by atoms with Gasteiger partial charge in [0, 0.05) is 19.2 Å². The second kappa shape index (κ2) is 7.58. The number of nitriles is 1. The monoisotopic (exact) mass is 280 g/mol. The Morgan fingerprint density at radius 2 is 1.76 bits per heavy atom. The molecule has 0 fully saturated rings. The lowest BCUT2D eigenvalue weighted by atomic mass is 10.0. The van der Waals surface area contributed by atoms with E-state index in [-0.39, 0.29) is 12.6 Å². The van der Waals surface area contributed by atoms with Crippen molar-refractivity contribution in [2.24, 2.45) is 0 Å². The summed E-state index contributed by atoms with van der Waals surface area (Å²) < 4.78 is 0. The summed E-state index contributed by atoms with van der Waals surface area (Å²) in [4.78, 5) is 2.23. The molecule has 1 unspecified atom stereocenters. The molecule has 1 N–H and O–H groups in total. The van der Waals surface area contributed by atoms with E-state index in [0.29, 0.717) is 12.0 Å². The third-order valence-electron chi connectivity index (χ3n) is 3.63. The molecule has 0 saturated heterocycles. The molecule has 0 amide bonds. The second-order valence-corrected chi connectivity index (χ2v) is 5.16. The average molecular weight is 280 g/mol. The fourth-order valence-corrected chi connectivity index (χ4v) is 2.52. The van der Waals surface area contributed by atoms with Crippen molar-refractivity contribution in [2.45, 2.75) is 19.0 Å². The second-order valence-electron chi connectivity index (χ2n) is 5.16. The molecule has 0 aromatic heterocycles. The molecule has 0 heterocycles. The van der Waals surface area contributed by atoms with Gasteiger partial charge in [-0.1, -0.05) is 42.5 Å². The summed E-state index contributed by atoms with van der Waals surface area (Å²) in [5.74, 6) is 0. The zero-order chi connectivity index (χ0) is 15.1. The van der Waals surface area contributed by atoms with E-state index in [2.05, 4.69) is 30.1 Å². The molecule has 3 nitrogen and oxygen atoms in total. The minimum Gasteiger partial charge on any atom is -0.396 e. The van der Waals surface area contributed by atoms with E-state index in [1.807, 2.05) is 42.5 Å². The zero-order valence-electron chi connectivity index (χ0n) is 12.2. The summed E-state index contributed by atoms with van der Waals surface area (Å²) in [5.41, 5.74) is 3.05. The zero-order valence-corrected chi connectivity index (χ0v) is 12.2. The van der Waals surface area contributed by atoms with Gasteiger partial charge in [0.1, 0.15) is 0 Å². The lowest BCUT2D eigenvalue weighted by Gasteiger charge is -2.28. The summed E-state index contributed by atoms with van der Waals surface area (Å²) >= 11 is 0. The van der Waals surface area contributed by atoms with Crippen LogP contribution in [0.15, 0.2) is 54.6 Å². The van der Waals surface area contributed by atoms with E-state index in [0.717, 1.165) is 12.1 Å². The summed E-state index contributed by atoms with van der Waals surface area (Å²) in [5, 5.41) is 18.1. The fraction of sp³-hybridized carbons (Fsp3) is 0.278. The van der Waals surface area contributed by atoms with Crippen molar-refractivity contribution in [1.29, 1.82) is 5.26 Å². The minimum atomic E-state index is 0.164. The predicted octanol–water partition coefficient (Wildman–Crippen LogP) is 3.11. The lowest BCUT2D eigenvalue weighted by molar-refractivity contribution is 0.180. The molecular weight excluding hydrogens is 260 g/mol. The highest BCUT2D eigenvalue weighted by atomic mass is 16.3. The molecule has 0 spiro atoms. The van der Waals surface area contributed by atoms with Gasteiger partial charge in [0.2, 0.25) is 0 Å². The van der Waals surface area contributed by atoms with E-state index < -0.39 is 0 Å². The molecule has 0 aliphatic carbocycles. The quantitative estimate of drug-likeness (QED) is 0.884. The molecule has 0 bridgehead atoms. The van der Waals surface area contributed by atoms with Crippen LogP contribution in [0.25, 0.3) is 0 Å². The third kappa shape index (κ3) is 4.16. The van der Waals surface area contributed by atoms with Crippen molar-refractivity contribution in [1.82, 2.24) is 4.90 Å². The number of rotatable bonds is 6. The maximum absolute atomic E-state index is 9.32. The molecule has 2 aromatic rings. The smallest absolute Gasteiger partial charge is 0.0991 e. The number of nitrogens with zero attached hydrogens (tertiary/aromatic N) is 2. The first-order chi connectivity index (χ1) is 10.2. The molecular formula is C18H20N2O. The van der Waals surface area contributed by atoms with Crippen LogP contribution in [0.4, 0.5) is 0 Å². The number of hydrogen-bond acceptors (Lipinski definition) is 3. The maximum atomic E-state index is 9.32. The highest BCUT2D eigenvalue weighted by molar-refractivity contribution is 5.31. The molecule has 0 saturated carbocycles. The topological polar surface area (TPSA) is 47.3 Å². The van der Waals surface area contributed by atoms with Crippen LogP contribution in [0.5, 0.6) is 0 Å². The van der Waals surface area contributed by atoms with Crippen LogP contribution in [0.3, 0.4) is 0 Å². The Morgan fingerprint density at radius 3 is 2.33 bits per heavy atom. The van der Waals surface area contributed by atoms with Gasteiger partial charge in [-0.3, -0.25) is 4.90 Å². The number of benzene rings is 2. The van der Waals surface area contributed by atoms with Crippen molar-refractivity contribution >= 4 is 0 Å². The summed E-state index contributed by atoms with van der Waals surface area (Å²) in [7, 11) is 2.06. The van der Waals surface area contributed by atoms with Gasteiger partial charge >= 0.3 is 0 Å². The van der Waals surface area contributed by atoms with Gasteiger partial charge in [-0.25, -0.2) is 0 Å². The fourth-order valence-electron chi connectivity index (χ4n) is 2.52. The van der Waals surface area contributed by atoms with Crippen molar-refractivity contribution in [3.63, 3.8) is 0 Å². The molecule has 0 aliphatic rings. The molecule has 2 aromatic carbocycles.